The number of ether oxygens (including phenoxy) is 1. The second kappa shape index (κ2) is 8.88. The van der Waals surface area contributed by atoms with Crippen molar-refractivity contribution in [3.05, 3.63) is 114 Å². The lowest BCUT2D eigenvalue weighted by Gasteiger charge is -2.24. The fourth-order valence-electron chi connectivity index (χ4n) is 4.37. The summed E-state index contributed by atoms with van der Waals surface area (Å²) in [5.41, 5.74) is 3.72. The van der Waals surface area contributed by atoms with Crippen LogP contribution in [-0.4, -0.2) is 17.1 Å². The van der Waals surface area contributed by atoms with E-state index in [2.05, 4.69) is 23.2 Å². The zero-order valence-corrected chi connectivity index (χ0v) is 20.1. The molecule has 4 aromatic rings. The number of carbonyl (C=O) groups excluding carboxylic acids is 1. The van der Waals surface area contributed by atoms with Crippen LogP contribution in [0.1, 0.15) is 36.6 Å². The van der Waals surface area contributed by atoms with E-state index in [0.29, 0.717) is 20.6 Å². The van der Waals surface area contributed by atoms with Gasteiger partial charge in [-0.25, -0.2) is 9.79 Å². The Labute approximate surface area is 201 Å². The van der Waals surface area contributed by atoms with Crippen molar-refractivity contribution in [3.8, 4) is 0 Å². The predicted octanol–water partition coefficient (Wildman–Crippen LogP) is 4.26. The van der Waals surface area contributed by atoms with Crippen molar-refractivity contribution in [3.63, 3.8) is 0 Å². The van der Waals surface area contributed by atoms with Gasteiger partial charge in [0.2, 0.25) is 0 Å². The molecule has 1 aliphatic heterocycles. The molecular weight excluding hydrogens is 444 g/mol. The Balaban J connectivity index is 1.75. The first-order valence-corrected chi connectivity index (χ1v) is 12.0. The molecule has 1 atom stereocenters. The molecule has 0 saturated carbocycles. The minimum absolute atomic E-state index is 0.170. The molecule has 5 rings (SSSR count). The van der Waals surface area contributed by atoms with E-state index in [4.69, 9.17) is 4.74 Å². The highest BCUT2D eigenvalue weighted by molar-refractivity contribution is 7.07. The van der Waals surface area contributed by atoms with Gasteiger partial charge < -0.3 is 4.74 Å². The summed E-state index contributed by atoms with van der Waals surface area (Å²) in [7, 11) is 0. The Morgan fingerprint density at radius 3 is 2.56 bits per heavy atom. The van der Waals surface area contributed by atoms with Crippen LogP contribution in [0, 0.1) is 6.92 Å². The number of fused-ring (bicyclic) bond motifs is 2. The van der Waals surface area contributed by atoms with Crippen LogP contribution in [0.25, 0.3) is 16.8 Å². The number of hydrogen-bond acceptors (Lipinski definition) is 5. The van der Waals surface area contributed by atoms with E-state index in [1.54, 1.807) is 18.4 Å². The maximum atomic E-state index is 13.7. The highest BCUT2D eigenvalue weighted by Crippen LogP contribution is 2.31. The van der Waals surface area contributed by atoms with Crippen LogP contribution in [0.2, 0.25) is 0 Å². The second-order valence-electron chi connectivity index (χ2n) is 8.28. The van der Waals surface area contributed by atoms with Crippen molar-refractivity contribution in [2.45, 2.75) is 26.8 Å². The molecule has 0 unspecified atom stereocenters. The first-order valence-electron chi connectivity index (χ1n) is 11.2. The fraction of sp³-hybridized carbons (Fsp3) is 0.179. The first-order chi connectivity index (χ1) is 16.5. The Bertz CT molecular complexity index is 1620. The summed E-state index contributed by atoms with van der Waals surface area (Å²) in [4.78, 5) is 31.9. The van der Waals surface area contributed by atoms with Gasteiger partial charge in [0.25, 0.3) is 5.56 Å². The fourth-order valence-corrected chi connectivity index (χ4v) is 5.41. The van der Waals surface area contributed by atoms with E-state index in [9.17, 15) is 9.59 Å². The van der Waals surface area contributed by atoms with Crippen LogP contribution < -0.4 is 14.9 Å². The molecule has 6 heteroatoms. The smallest absolute Gasteiger partial charge is 0.338 e. The minimum atomic E-state index is -0.592. The van der Waals surface area contributed by atoms with Crippen molar-refractivity contribution in [2.75, 3.05) is 6.61 Å². The lowest BCUT2D eigenvalue weighted by atomic mass is 9.95. The normalized spacial score (nSPS) is 15.9. The van der Waals surface area contributed by atoms with Gasteiger partial charge in [-0.3, -0.25) is 9.36 Å². The van der Waals surface area contributed by atoms with Crippen LogP contribution in [0.4, 0.5) is 0 Å². The number of allylic oxidation sites excluding steroid dienone is 1. The summed E-state index contributed by atoms with van der Waals surface area (Å²) in [6, 6.07) is 21.5. The van der Waals surface area contributed by atoms with E-state index in [0.717, 1.165) is 27.5 Å². The quantitative estimate of drug-likeness (QED) is 0.421. The highest BCUT2D eigenvalue weighted by atomic mass is 32.1. The number of thiazole rings is 1. The van der Waals surface area contributed by atoms with Crippen LogP contribution >= 0.6 is 11.3 Å². The topological polar surface area (TPSA) is 60.7 Å². The standard InChI is InChI=1S/C28H24N2O3S/c1-4-33-27(32)24-18(3)29-28-30(25(24)20-14-12-17(2)13-15-20)26(31)23(34-28)16-21-10-7-9-19-8-5-6-11-22(19)21/h5-16,25H,4H2,1-3H3/b23-16-/t25-/m0/s1. The van der Waals surface area contributed by atoms with E-state index in [1.165, 1.54) is 11.3 Å². The summed E-state index contributed by atoms with van der Waals surface area (Å²) in [6.45, 7) is 5.83. The lowest BCUT2D eigenvalue weighted by molar-refractivity contribution is -0.139. The van der Waals surface area contributed by atoms with Crippen molar-refractivity contribution in [2.24, 2.45) is 4.99 Å². The molecule has 1 aromatic heterocycles. The largest absolute Gasteiger partial charge is 0.463 e. The number of esters is 1. The van der Waals surface area contributed by atoms with Crippen molar-refractivity contribution in [1.29, 1.82) is 0 Å². The molecule has 0 fully saturated rings. The summed E-state index contributed by atoms with van der Waals surface area (Å²) in [6.07, 6.45) is 1.92. The second-order valence-corrected chi connectivity index (χ2v) is 9.29. The Morgan fingerprint density at radius 2 is 1.79 bits per heavy atom. The van der Waals surface area contributed by atoms with Crippen LogP contribution in [-0.2, 0) is 9.53 Å². The molecule has 0 saturated heterocycles. The average Bonchev–Trinajstić information content (AvgIpc) is 3.13. The van der Waals surface area contributed by atoms with Gasteiger partial charge >= 0.3 is 5.97 Å². The minimum Gasteiger partial charge on any atom is -0.463 e. The van der Waals surface area contributed by atoms with Gasteiger partial charge in [-0.2, -0.15) is 0 Å². The van der Waals surface area contributed by atoms with E-state index in [1.807, 2.05) is 61.5 Å². The Morgan fingerprint density at radius 1 is 1.06 bits per heavy atom. The molecule has 5 nitrogen and oxygen atoms in total. The predicted molar refractivity (Wildman–Crippen MR) is 136 cm³/mol. The number of aromatic nitrogens is 1. The SMILES string of the molecule is CCOC(=O)C1=C(C)N=c2s/c(=C\c3cccc4ccccc34)c(=O)n2[C@H]1c1ccc(C)cc1. The van der Waals surface area contributed by atoms with Crippen molar-refractivity contribution >= 4 is 34.2 Å². The van der Waals surface area contributed by atoms with Gasteiger partial charge in [-0.15, -0.1) is 0 Å². The molecule has 1 aliphatic rings. The number of rotatable bonds is 4. The third kappa shape index (κ3) is 3.80. The summed E-state index contributed by atoms with van der Waals surface area (Å²) >= 11 is 1.34. The third-order valence-electron chi connectivity index (χ3n) is 6.02. The summed E-state index contributed by atoms with van der Waals surface area (Å²) in [5.74, 6) is -0.447. The molecule has 2 heterocycles. The molecular formula is C28H24N2O3S. The number of nitrogens with zero attached hydrogens (tertiary/aromatic N) is 2. The first kappa shape index (κ1) is 22.0. The summed E-state index contributed by atoms with van der Waals surface area (Å²) < 4.78 is 7.56. The number of carbonyl (C=O) groups is 1. The van der Waals surface area contributed by atoms with Gasteiger partial charge in [0.05, 0.1) is 28.5 Å². The molecule has 0 bridgehead atoms. The molecule has 0 N–H and O–H groups in total. The zero-order chi connectivity index (χ0) is 23.8. The summed E-state index contributed by atoms with van der Waals surface area (Å²) in [5, 5.41) is 2.19. The van der Waals surface area contributed by atoms with Crippen LogP contribution in [0.3, 0.4) is 0 Å². The van der Waals surface area contributed by atoms with Gasteiger partial charge in [0, 0.05) is 0 Å². The molecule has 0 radical (unpaired) electrons. The Kier molecular flexibility index (Phi) is 5.75. The number of aryl methyl sites for hydroxylation is 1. The van der Waals surface area contributed by atoms with Crippen LogP contribution in [0.15, 0.2) is 87.8 Å². The zero-order valence-electron chi connectivity index (χ0n) is 19.2. The van der Waals surface area contributed by atoms with Crippen molar-refractivity contribution < 1.29 is 9.53 Å². The average molecular weight is 469 g/mol. The molecule has 3 aromatic carbocycles. The number of hydrogen-bond donors (Lipinski definition) is 0. The molecule has 0 amide bonds. The van der Waals surface area contributed by atoms with Gasteiger partial charge in [-0.1, -0.05) is 83.6 Å². The Hall–Kier alpha value is -3.77. The van der Waals surface area contributed by atoms with Crippen LogP contribution in [0.5, 0.6) is 0 Å². The molecule has 34 heavy (non-hydrogen) atoms. The van der Waals surface area contributed by atoms with Gasteiger partial charge in [0.1, 0.15) is 0 Å². The number of benzene rings is 3. The van der Waals surface area contributed by atoms with Gasteiger partial charge in [0.15, 0.2) is 4.80 Å². The highest BCUT2D eigenvalue weighted by Gasteiger charge is 2.33. The maximum absolute atomic E-state index is 13.7. The van der Waals surface area contributed by atoms with E-state index >= 15 is 0 Å². The molecule has 0 aliphatic carbocycles. The van der Waals surface area contributed by atoms with Gasteiger partial charge in [-0.05, 0) is 48.7 Å². The maximum Gasteiger partial charge on any atom is 0.338 e. The lowest BCUT2D eigenvalue weighted by Crippen LogP contribution is -2.39. The van der Waals surface area contributed by atoms with Crippen molar-refractivity contribution in [1.82, 2.24) is 4.57 Å². The molecule has 0 spiro atoms. The van der Waals surface area contributed by atoms with E-state index in [-0.39, 0.29) is 12.2 Å². The monoisotopic (exact) mass is 468 g/mol. The van der Waals surface area contributed by atoms with E-state index < -0.39 is 12.0 Å². The molecule has 170 valence electrons. The third-order valence-corrected chi connectivity index (χ3v) is 7.00.